The van der Waals surface area contributed by atoms with E-state index in [0.29, 0.717) is 42.7 Å². The lowest BCUT2D eigenvalue weighted by Gasteiger charge is -2.27. The van der Waals surface area contributed by atoms with Crippen molar-refractivity contribution in [2.75, 3.05) is 13.2 Å². The van der Waals surface area contributed by atoms with Crippen LogP contribution in [0, 0.1) is 35.1 Å². The van der Waals surface area contributed by atoms with Crippen LogP contribution in [0.2, 0.25) is 0 Å². The number of alkyl carbamates (subject to hydrolysis) is 2. The van der Waals surface area contributed by atoms with Crippen LogP contribution < -0.4 is 21.7 Å². The summed E-state index contributed by atoms with van der Waals surface area (Å²) < 4.78 is 69.7. The second kappa shape index (κ2) is 29.4. The van der Waals surface area contributed by atoms with Gasteiger partial charge in [-0.2, -0.15) is 0 Å². The predicted molar refractivity (Wildman–Crippen MR) is 303 cm³/mol. The van der Waals surface area contributed by atoms with Crippen LogP contribution in [0.25, 0.3) is 22.3 Å². The molecule has 420 valence electrons. The highest BCUT2D eigenvalue weighted by Gasteiger charge is 2.35. The topological polar surface area (TPSA) is 147 Å². The van der Waals surface area contributed by atoms with Gasteiger partial charge in [0.2, 0.25) is 0 Å². The molecule has 0 saturated carbocycles. The summed E-state index contributed by atoms with van der Waals surface area (Å²) in [4.78, 5) is 24.3. The van der Waals surface area contributed by atoms with E-state index in [1.165, 1.54) is 52.1 Å². The van der Waals surface area contributed by atoms with Crippen molar-refractivity contribution in [1.82, 2.24) is 16.0 Å². The molecular formula is C64H80F4N4O6. The minimum Gasteiger partial charge on any atom is -0.444 e. The lowest BCUT2D eigenvalue weighted by atomic mass is 9.94. The van der Waals surface area contributed by atoms with E-state index in [1.54, 1.807) is 41.5 Å². The first kappa shape index (κ1) is 62.3. The fourth-order valence-electron chi connectivity index (χ4n) is 8.83. The number of rotatable bonds is 19. The van der Waals surface area contributed by atoms with Gasteiger partial charge in [-0.15, -0.1) is 0 Å². The van der Waals surface area contributed by atoms with Gasteiger partial charge in [-0.25, -0.2) is 27.2 Å². The van der Waals surface area contributed by atoms with Crippen LogP contribution in [0.1, 0.15) is 103 Å². The fraction of sp³-hybridized carbons (Fsp3) is 0.406. The van der Waals surface area contributed by atoms with Crippen molar-refractivity contribution in [3.8, 4) is 22.3 Å². The molecule has 0 unspecified atom stereocenters. The largest absolute Gasteiger partial charge is 0.444 e. The van der Waals surface area contributed by atoms with Crippen molar-refractivity contribution >= 4 is 12.2 Å². The molecule has 10 nitrogen and oxygen atoms in total. The molecule has 0 aromatic heterocycles. The maximum Gasteiger partial charge on any atom is 0.407 e. The number of amides is 2. The van der Waals surface area contributed by atoms with Crippen LogP contribution in [0.15, 0.2) is 133 Å². The molecule has 0 bridgehead atoms. The molecule has 7 rings (SSSR count). The zero-order valence-electron chi connectivity index (χ0n) is 46.9. The van der Waals surface area contributed by atoms with Gasteiger partial charge in [-0.05, 0) is 159 Å². The summed E-state index contributed by atoms with van der Waals surface area (Å²) >= 11 is 0. The van der Waals surface area contributed by atoms with Crippen molar-refractivity contribution < 1.29 is 46.5 Å². The summed E-state index contributed by atoms with van der Waals surface area (Å²) in [5.74, 6) is -1.53. The van der Waals surface area contributed by atoms with Gasteiger partial charge in [-0.1, -0.05) is 125 Å². The van der Waals surface area contributed by atoms with E-state index >= 15 is 0 Å². The number of carbonyl (C=O) groups excluding carboxylic acids is 2. The van der Waals surface area contributed by atoms with Crippen molar-refractivity contribution in [2.24, 2.45) is 17.6 Å². The van der Waals surface area contributed by atoms with Crippen LogP contribution in [0.3, 0.4) is 0 Å². The highest BCUT2D eigenvalue weighted by Crippen LogP contribution is 2.28. The molecule has 6 N–H and O–H groups in total. The third-order valence-electron chi connectivity index (χ3n) is 12.1. The second-order valence-corrected chi connectivity index (χ2v) is 22.7. The van der Waals surface area contributed by atoms with E-state index < -0.39 is 58.8 Å². The van der Waals surface area contributed by atoms with E-state index in [-0.39, 0.29) is 31.5 Å². The van der Waals surface area contributed by atoms with E-state index in [2.05, 4.69) is 116 Å². The van der Waals surface area contributed by atoms with Crippen molar-refractivity contribution in [2.45, 2.75) is 144 Å². The maximum absolute atomic E-state index is 13.8. The quantitative estimate of drug-likeness (QED) is 0.0398. The lowest BCUT2D eigenvalue weighted by Crippen LogP contribution is -2.50. The number of halogens is 4. The summed E-state index contributed by atoms with van der Waals surface area (Å²) in [7, 11) is 0. The van der Waals surface area contributed by atoms with Crippen molar-refractivity contribution in [3.63, 3.8) is 0 Å². The Labute approximate surface area is 459 Å². The third kappa shape index (κ3) is 22.4. The minimum atomic E-state index is -1.05. The van der Waals surface area contributed by atoms with Gasteiger partial charge in [0.1, 0.15) is 40.6 Å². The second-order valence-electron chi connectivity index (χ2n) is 22.7. The van der Waals surface area contributed by atoms with Gasteiger partial charge in [0, 0.05) is 31.8 Å². The number of benzene rings is 6. The fourth-order valence-corrected chi connectivity index (χ4v) is 8.83. The molecule has 1 aliphatic heterocycles. The van der Waals surface area contributed by atoms with Crippen LogP contribution in [-0.2, 0) is 53.0 Å². The molecule has 1 fully saturated rings. The Balaban J connectivity index is 0.000000240. The van der Waals surface area contributed by atoms with Gasteiger partial charge in [0.25, 0.3) is 0 Å². The smallest absolute Gasteiger partial charge is 0.407 e. The van der Waals surface area contributed by atoms with E-state index in [1.807, 2.05) is 24.3 Å². The standard InChI is InChI=1S/C32H40F2N2O3.C17H21N.C15H19F2NO3/c1-21(2)13-22-11-12-28(24-9-7-6-8-10-24)25(14-22)19-35-20-30(37)29(36-31(38)39-32(3,4)5)17-23-15-26(33)18-27(34)16-23;1-13(2)10-14-8-9-17(16(11-14)12-18)15-6-4-3-5-7-15;1-15(2,3)21-14(19)18-12(13-8-20-13)6-9-4-10(16)7-11(17)5-9/h6-12,14-16,18,21,29-30,35,37H,13,17,19-20H2,1-5H3,(H,36,38);3-9,11,13H,10,12,18H2,1-2H3;4-5,7,12-13H,6,8H2,1-3H3,(H,18,19)/t29-,30+;;12-,13+/m0.0/s1. The Morgan fingerprint density at radius 2 is 1.01 bits per heavy atom. The highest BCUT2D eigenvalue weighted by molar-refractivity contribution is 5.70. The predicted octanol–water partition coefficient (Wildman–Crippen LogP) is 13.2. The van der Waals surface area contributed by atoms with Gasteiger partial charge >= 0.3 is 12.2 Å². The Kier molecular flexibility index (Phi) is 23.5. The normalized spacial score (nSPS) is 14.3. The number of nitrogens with two attached hydrogens (primary N) is 1. The Morgan fingerprint density at radius 3 is 1.44 bits per heavy atom. The molecule has 0 radical (unpaired) electrons. The first-order valence-corrected chi connectivity index (χ1v) is 26.8. The summed E-state index contributed by atoms with van der Waals surface area (Å²) in [6.07, 6.45) is -0.115. The highest BCUT2D eigenvalue weighted by atomic mass is 19.1. The molecule has 78 heavy (non-hydrogen) atoms. The van der Waals surface area contributed by atoms with E-state index in [0.717, 1.165) is 41.7 Å². The van der Waals surface area contributed by atoms with Crippen molar-refractivity contribution in [1.29, 1.82) is 0 Å². The van der Waals surface area contributed by atoms with E-state index in [9.17, 15) is 32.3 Å². The summed E-state index contributed by atoms with van der Waals surface area (Å²) in [5, 5.41) is 19.8. The SMILES string of the molecule is CC(C)(C)OC(=O)N[C@@H](Cc1cc(F)cc(F)c1)[C@H]1CO1.CC(C)Cc1ccc(-c2ccccc2)c(CN)c1.CC(C)Cc1ccc(-c2ccccc2)c(CNC[C@@H](O)[C@H](Cc2cc(F)cc(F)c2)NC(=O)OC(C)(C)C)c1. The number of nitrogens with one attached hydrogen (secondary N) is 3. The van der Waals surface area contributed by atoms with Gasteiger partial charge in [0.15, 0.2) is 0 Å². The lowest BCUT2D eigenvalue weighted by molar-refractivity contribution is 0.0421. The molecule has 1 heterocycles. The number of hydrogen-bond donors (Lipinski definition) is 5. The van der Waals surface area contributed by atoms with Crippen LogP contribution in [0.5, 0.6) is 0 Å². The molecule has 1 aliphatic rings. The number of carbonyl (C=O) groups is 2. The zero-order valence-corrected chi connectivity index (χ0v) is 46.9. The Bertz CT molecular complexity index is 2790. The summed E-state index contributed by atoms with van der Waals surface area (Å²) in [6, 6.07) is 39.0. The summed E-state index contributed by atoms with van der Waals surface area (Å²) in [5.41, 5.74) is 15.0. The molecule has 1 saturated heterocycles. The zero-order chi connectivity index (χ0) is 57.2. The average molecular weight is 1080 g/mol. The molecule has 0 aliphatic carbocycles. The number of hydrogen-bond acceptors (Lipinski definition) is 8. The molecule has 4 atom stereocenters. The average Bonchev–Trinajstić information content (AvgIpc) is 4.19. The van der Waals surface area contributed by atoms with Crippen LogP contribution >= 0.6 is 0 Å². The maximum atomic E-state index is 13.8. The Hall–Kier alpha value is -6.58. The van der Waals surface area contributed by atoms with Gasteiger partial charge in [0.05, 0.1) is 24.8 Å². The first-order chi connectivity index (χ1) is 36.8. The number of aliphatic hydroxyl groups excluding tert-OH is 1. The van der Waals surface area contributed by atoms with Gasteiger partial charge in [-0.3, -0.25) is 0 Å². The number of ether oxygens (including phenoxy) is 3. The first-order valence-electron chi connectivity index (χ1n) is 26.8. The molecule has 0 spiro atoms. The van der Waals surface area contributed by atoms with Gasteiger partial charge < -0.3 is 41.0 Å². The monoisotopic (exact) mass is 1080 g/mol. The molecule has 2 amide bonds. The molecule has 14 heteroatoms. The number of aliphatic hydroxyl groups is 1. The van der Waals surface area contributed by atoms with Crippen LogP contribution in [-0.4, -0.2) is 65.9 Å². The summed E-state index contributed by atoms with van der Waals surface area (Å²) in [6.45, 7) is 21.1. The molecular weight excluding hydrogens is 997 g/mol. The number of epoxide rings is 1. The minimum absolute atomic E-state index is 0.0237. The van der Waals surface area contributed by atoms with Crippen LogP contribution in [0.4, 0.5) is 27.2 Å². The third-order valence-corrected chi connectivity index (χ3v) is 12.1. The van der Waals surface area contributed by atoms with E-state index in [4.69, 9.17) is 19.9 Å². The van der Waals surface area contributed by atoms with Crippen molar-refractivity contribution in [3.05, 3.63) is 190 Å². The molecule has 6 aromatic carbocycles. The molecule has 6 aromatic rings. The Morgan fingerprint density at radius 1 is 0.590 bits per heavy atom.